The third-order valence-electron chi connectivity index (χ3n) is 2.61. The third-order valence-corrected chi connectivity index (χ3v) is 2.61. The van der Waals surface area contributed by atoms with E-state index in [1.807, 2.05) is 0 Å². The minimum atomic E-state index is -0.428. The van der Waals surface area contributed by atoms with E-state index in [-0.39, 0.29) is 18.1 Å². The Balaban J connectivity index is 1.98. The van der Waals surface area contributed by atoms with E-state index in [0.29, 0.717) is 5.56 Å². The maximum absolute atomic E-state index is 13.1. The first-order valence-corrected chi connectivity index (χ1v) is 5.68. The Labute approximate surface area is 109 Å². The monoisotopic (exact) mass is 264 g/mol. The lowest BCUT2D eigenvalue weighted by Crippen LogP contribution is -2.28. The lowest BCUT2D eigenvalue weighted by Gasteiger charge is -2.16. The maximum Gasteiger partial charge on any atom is 0.289 e. The standard InChI is InChI=1S/C13H13FN2O3/c1-18-12(9-3-2-4-10(14)7-9)8-15-13(17)11-5-6-16-19-11/h2-7,12H,8H2,1H3,(H,15,17). The lowest BCUT2D eigenvalue weighted by atomic mass is 10.1. The molecular weight excluding hydrogens is 251 g/mol. The molecule has 0 saturated carbocycles. The van der Waals surface area contributed by atoms with E-state index in [0.717, 1.165) is 0 Å². The molecule has 2 rings (SSSR count). The molecule has 0 fully saturated rings. The Morgan fingerprint density at radius 1 is 1.53 bits per heavy atom. The zero-order chi connectivity index (χ0) is 13.7. The van der Waals surface area contributed by atoms with Crippen LogP contribution in [0.1, 0.15) is 22.2 Å². The van der Waals surface area contributed by atoms with E-state index in [9.17, 15) is 9.18 Å². The molecule has 1 unspecified atom stereocenters. The molecule has 19 heavy (non-hydrogen) atoms. The summed E-state index contributed by atoms with van der Waals surface area (Å²) in [6, 6.07) is 7.50. The van der Waals surface area contributed by atoms with Gasteiger partial charge >= 0.3 is 0 Å². The van der Waals surface area contributed by atoms with E-state index >= 15 is 0 Å². The van der Waals surface area contributed by atoms with E-state index < -0.39 is 12.0 Å². The molecule has 1 N–H and O–H groups in total. The topological polar surface area (TPSA) is 64.4 Å². The maximum atomic E-state index is 13.1. The molecule has 1 aromatic heterocycles. The summed E-state index contributed by atoms with van der Waals surface area (Å²) < 4.78 is 23.1. The smallest absolute Gasteiger partial charge is 0.289 e. The van der Waals surface area contributed by atoms with Crippen LogP contribution >= 0.6 is 0 Å². The van der Waals surface area contributed by atoms with Crippen molar-refractivity contribution < 1.29 is 18.4 Å². The van der Waals surface area contributed by atoms with Gasteiger partial charge in [0.05, 0.1) is 12.3 Å². The first-order chi connectivity index (χ1) is 9.20. The average molecular weight is 264 g/mol. The number of benzene rings is 1. The van der Waals surface area contributed by atoms with Gasteiger partial charge in [-0.05, 0) is 17.7 Å². The van der Waals surface area contributed by atoms with Crippen molar-refractivity contribution >= 4 is 5.91 Å². The highest BCUT2D eigenvalue weighted by Crippen LogP contribution is 2.16. The number of carbonyl (C=O) groups excluding carboxylic acids is 1. The van der Waals surface area contributed by atoms with Crippen molar-refractivity contribution in [3.05, 3.63) is 53.7 Å². The Kier molecular flexibility index (Phi) is 4.25. The van der Waals surface area contributed by atoms with Gasteiger partial charge in [0, 0.05) is 19.7 Å². The van der Waals surface area contributed by atoms with Gasteiger partial charge in [-0.25, -0.2) is 4.39 Å². The molecule has 0 aliphatic rings. The Hall–Kier alpha value is -2.21. The molecule has 0 bridgehead atoms. The van der Waals surface area contributed by atoms with Gasteiger partial charge in [0.2, 0.25) is 5.76 Å². The summed E-state index contributed by atoms with van der Waals surface area (Å²) in [6.07, 6.45) is 0.956. The normalized spacial score (nSPS) is 12.1. The number of rotatable bonds is 5. The van der Waals surface area contributed by atoms with Crippen LogP contribution in [0.25, 0.3) is 0 Å². The van der Waals surface area contributed by atoms with Crippen LogP contribution in [0.2, 0.25) is 0 Å². The summed E-state index contributed by atoms with van der Waals surface area (Å²) in [5.74, 6) is -0.619. The molecule has 0 saturated heterocycles. The molecular formula is C13H13FN2O3. The summed E-state index contributed by atoms with van der Waals surface area (Å²) in [6.45, 7) is 0.208. The second-order valence-electron chi connectivity index (χ2n) is 3.87. The quantitative estimate of drug-likeness (QED) is 0.896. The van der Waals surface area contributed by atoms with Gasteiger partial charge in [0.15, 0.2) is 0 Å². The summed E-state index contributed by atoms with van der Waals surface area (Å²) in [7, 11) is 1.50. The van der Waals surface area contributed by atoms with Crippen LogP contribution in [-0.2, 0) is 4.74 Å². The molecule has 5 nitrogen and oxygen atoms in total. The number of carbonyl (C=O) groups is 1. The number of amides is 1. The highest BCUT2D eigenvalue weighted by atomic mass is 19.1. The Morgan fingerprint density at radius 3 is 3.00 bits per heavy atom. The van der Waals surface area contributed by atoms with Gasteiger partial charge in [-0.3, -0.25) is 4.79 Å². The summed E-state index contributed by atoms with van der Waals surface area (Å²) in [5, 5.41) is 6.08. The average Bonchev–Trinajstić information content (AvgIpc) is 2.93. The van der Waals surface area contributed by atoms with Crippen molar-refractivity contribution in [1.82, 2.24) is 10.5 Å². The van der Waals surface area contributed by atoms with Gasteiger partial charge in [-0.2, -0.15) is 0 Å². The predicted molar refractivity (Wildman–Crippen MR) is 65.0 cm³/mol. The highest BCUT2D eigenvalue weighted by Gasteiger charge is 2.15. The minimum absolute atomic E-state index is 0.120. The fourth-order valence-electron chi connectivity index (χ4n) is 1.65. The van der Waals surface area contributed by atoms with Gasteiger partial charge in [0.25, 0.3) is 5.91 Å². The first kappa shape index (κ1) is 13.2. The molecule has 0 aliphatic carbocycles. The molecule has 0 radical (unpaired) electrons. The van der Waals surface area contributed by atoms with Crippen LogP contribution in [0.4, 0.5) is 4.39 Å². The third kappa shape index (κ3) is 3.38. The predicted octanol–water partition coefficient (Wildman–Crippen LogP) is 1.93. The molecule has 2 aromatic rings. The van der Waals surface area contributed by atoms with Crippen LogP contribution in [-0.4, -0.2) is 24.7 Å². The first-order valence-electron chi connectivity index (χ1n) is 5.68. The number of hydrogen-bond acceptors (Lipinski definition) is 4. The SMILES string of the molecule is COC(CNC(=O)c1ccno1)c1cccc(F)c1. The van der Waals surface area contributed by atoms with E-state index in [4.69, 9.17) is 9.26 Å². The number of nitrogens with zero attached hydrogens (tertiary/aromatic N) is 1. The fourth-order valence-corrected chi connectivity index (χ4v) is 1.65. The molecule has 1 heterocycles. The molecule has 1 aromatic carbocycles. The lowest BCUT2D eigenvalue weighted by molar-refractivity contribution is 0.0800. The highest BCUT2D eigenvalue weighted by molar-refractivity contribution is 5.91. The number of ether oxygens (including phenoxy) is 1. The Morgan fingerprint density at radius 2 is 2.37 bits per heavy atom. The minimum Gasteiger partial charge on any atom is -0.375 e. The number of halogens is 1. The zero-order valence-corrected chi connectivity index (χ0v) is 10.3. The van der Waals surface area contributed by atoms with Crippen LogP contribution in [0.5, 0.6) is 0 Å². The van der Waals surface area contributed by atoms with E-state index in [1.54, 1.807) is 12.1 Å². The van der Waals surface area contributed by atoms with Crippen LogP contribution in [0, 0.1) is 5.82 Å². The van der Waals surface area contributed by atoms with Crippen molar-refractivity contribution in [2.75, 3.05) is 13.7 Å². The number of nitrogens with one attached hydrogen (secondary N) is 1. The van der Waals surface area contributed by atoms with Gasteiger partial charge < -0.3 is 14.6 Å². The molecule has 0 aliphatic heterocycles. The van der Waals surface area contributed by atoms with Crippen molar-refractivity contribution in [3.63, 3.8) is 0 Å². The summed E-state index contributed by atoms with van der Waals surface area (Å²) in [5.41, 5.74) is 0.653. The zero-order valence-electron chi connectivity index (χ0n) is 10.3. The Bertz CT molecular complexity index is 543. The second-order valence-corrected chi connectivity index (χ2v) is 3.87. The second kappa shape index (κ2) is 6.10. The number of methoxy groups -OCH3 is 1. The van der Waals surface area contributed by atoms with Crippen molar-refractivity contribution in [2.45, 2.75) is 6.10 Å². The molecule has 1 atom stereocenters. The van der Waals surface area contributed by atoms with E-state index in [1.165, 1.54) is 31.5 Å². The molecule has 0 spiro atoms. The van der Waals surface area contributed by atoms with Gasteiger partial charge in [-0.15, -0.1) is 0 Å². The van der Waals surface area contributed by atoms with Crippen LogP contribution in [0.3, 0.4) is 0 Å². The molecule has 1 amide bonds. The summed E-state index contributed by atoms with van der Waals surface area (Å²) >= 11 is 0. The fraction of sp³-hybridized carbons (Fsp3) is 0.231. The van der Waals surface area contributed by atoms with Crippen molar-refractivity contribution in [3.8, 4) is 0 Å². The summed E-state index contributed by atoms with van der Waals surface area (Å²) in [4.78, 5) is 11.6. The molecule has 100 valence electrons. The van der Waals surface area contributed by atoms with Gasteiger partial charge in [-0.1, -0.05) is 17.3 Å². The number of aromatic nitrogens is 1. The molecule has 6 heteroatoms. The van der Waals surface area contributed by atoms with Crippen LogP contribution in [0.15, 0.2) is 41.1 Å². The van der Waals surface area contributed by atoms with Crippen molar-refractivity contribution in [1.29, 1.82) is 0 Å². The van der Waals surface area contributed by atoms with Crippen LogP contribution < -0.4 is 5.32 Å². The van der Waals surface area contributed by atoms with Crippen molar-refractivity contribution in [2.24, 2.45) is 0 Å². The number of hydrogen-bond donors (Lipinski definition) is 1. The largest absolute Gasteiger partial charge is 0.375 e. The van der Waals surface area contributed by atoms with E-state index in [2.05, 4.69) is 10.5 Å². The van der Waals surface area contributed by atoms with Gasteiger partial charge in [0.1, 0.15) is 5.82 Å².